The first kappa shape index (κ1) is 23.5. The number of methoxy groups -OCH3 is 1. The molecule has 2 heterocycles. The summed E-state index contributed by atoms with van der Waals surface area (Å²) in [7, 11) is -3.01. The Balaban J connectivity index is 2.25. The molecule has 0 aromatic carbocycles. The van der Waals surface area contributed by atoms with Crippen molar-refractivity contribution in [2.75, 3.05) is 25.4 Å². The molecule has 3 N–H and O–H groups in total. The van der Waals surface area contributed by atoms with E-state index in [9.17, 15) is 27.6 Å². The number of anilines is 1. The fourth-order valence-electron chi connectivity index (χ4n) is 2.31. The number of nitrogens with one attached hydrogen (secondary N) is 2. The van der Waals surface area contributed by atoms with Crippen LogP contribution in [0.3, 0.4) is 0 Å². The van der Waals surface area contributed by atoms with Gasteiger partial charge in [0.05, 0.1) is 7.11 Å². The van der Waals surface area contributed by atoms with E-state index in [1.165, 1.54) is 5.38 Å². The molecular formula is C13H14ClN5O9S2. The van der Waals surface area contributed by atoms with Crippen LogP contribution in [0.2, 0.25) is 0 Å². The number of β-lactam (4-membered cyclic amide) rings is 1. The second-order valence-electron chi connectivity index (χ2n) is 5.37. The number of thiazole rings is 1. The number of alkyl halides is 1. The molecule has 0 spiro atoms. The molecule has 0 radical (unpaired) electrons. The van der Waals surface area contributed by atoms with E-state index in [1.807, 2.05) is 0 Å². The Kier molecular flexibility index (Phi) is 7.30. The highest BCUT2D eigenvalue weighted by Gasteiger charge is 2.58. The topological polar surface area (TPSA) is 194 Å². The predicted molar refractivity (Wildman–Crippen MR) is 101 cm³/mol. The Labute approximate surface area is 178 Å². The number of halogens is 1. The monoisotopic (exact) mass is 483 g/mol. The summed E-state index contributed by atoms with van der Waals surface area (Å²) < 4.78 is 36.0. The molecule has 0 saturated carbocycles. The van der Waals surface area contributed by atoms with Crippen molar-refractivity contribution in [3.8, 4) is 0 Å². The molecule has 2 rings (SSSR count). The fourth-order valence-corrected chi connectivity index (χ4v) is 3.92. The molecule has 1 aromatic rings. The van der Waals surface area contributed by atoms with Gasteiger partial charge in [-0.1, -0.05) is 5.16 Å². The minimum atomic E-state index is -5.07. The van der Waals surface area contributed by atoms with Crippen molar-refractivity contribution in [2.45, 2.75) is 12.1 Å². The van der Waals surface area contributed by atoms with Crippen LogP contribution in [0, 0.1) is 0 Å². The van der Waals surface area contributed by atoms with Gasteiger partial charge in [0, 0.05) is 5.38 Å². The van der Waals surface area contributed by atoms with Gasteiger partial charge in [0.2, 0.25) is 5.91 Å². The number of rotatable bonds is 8. The lowest BCUT2D eigenvalue weighted by Crippen LogP contribution is -2.74. The first-order valence-corrected chi connectivity index (χ1v) is 10.5. The summed E-state index contributed by atoms with van der Waals surface area (Å²) in [4.78, 5) is 56.4. The van der Waals surface area contributed by atoms with E-state index in [1.54, 1.807) is 0 Å². The Morgan fingerprint density at radius 3 is 2.60 bits per heavy atom. The Bertz CT molecular complexity index is 1010. The molecule has 30 heavy (non-hydrogen) atoms. The highest BCUT2D eigenvalue weighted by Crippen LogP contribution is 2.25. The molecule has 0 unspecified atom stereocenters. The Hall–Kier alpha value is -2.82. The van der Waals surface area contributed by atoms with Crippen LogP contribution in [0.5, 0.6) is 0 Å². The summed E-state index contributed by atoms with van der Waals surface area (Å²) in [5.41, 5.74) is -0.501. The molecule has 1 saturated heterocycles. The number of hydrogen-bond acceptors (Lipinski definition) is 11. The van der Waals surface area contributed by atoms with E-state index in [0.29, 0.717) is 0 Å². The van der Waals surface area contributed by atoms with E-state index in [4.69, 9.17) is 16.2 Å². The third-order valence-corrected chi connectivity index (χ3v) is 5.45. The molecule has 14 nitrogen and oxygen atoms in total. The average molecular weight is 484 g/mol. The van der Waals surface area contributed by atoms with Crippen LogP contribution in [0.15, 0.2) is 10.5 Å². The van der Waals surface area contributed by atoms with Gasteiger partial charge in [-0.2, -0.15) is 12.7 Å². The molecule has 1 aliphatic heterocycles. The van der Waals surface area contributed by atoms with Crippen molar-refractivity contribution < 1.29 is 41.7 Å². The number of ether oxygens (including phenoxy) is 1. The molecule has 1 aliphatic rings. The Morgan fingerprint density at radius 2 is 2.07 bits per heavy atom. The number of aromatic nitrogens is 1. The van der Waals surface area contributed by atoms with Gasteiger partial charge in [-0.3, -0.25) is 18.9 Å². The number of oxime groups is 1. The fraction of sp³-hybridized carbons (Fsp3) is 0.385. The molecule has 0 bridgehead atoms. The lowest BCUT2D eigenvalue weighted by atomic mass is 9.98. The molecule has 1 aromatic heterocycles. The van der Waals surface area contributed by atoms with Gasteiger partial charge < -0.3 is 20.2 Å². The lowest BCUT2D eigenvalue weighted by Gasteiger charge is -2.41. The van der Waals surface area contributed by atoms with Crippen LogP contribution in [0.25, 0.3) is 0 Å². The average Bonchev–Trinajstić information content (AvgIpc) is 3.13. The van der Waals surface area contributed by atoms with Gasteiger partial charge in [0.15, 0.2) is 16.9 Å². The quantitative estimate of drug-likeness (QED) is 0.0961. The van der Waals surface area contributed by atoms with Crippen LogP contribution in [-0.2, 0) is 39.1 Å². The maximum Gasteiger partial charge on any atom is 0.363 e. The SMILES string of the molecule is CON=C(C(=O)N[C@H]1C(=O)N(S(=O)(=O)O)[C@H]1C(=O)OC)c1csc(NC(=O)CCl)n1. The Morgan fingerprint density at radius 1 is 1.40 bits per heavy atom. The van der Waals surface area contributed by atoms with Gasteiger partial charge in [0.25, 0.3) is 11.8 Å². The summed E-state index contributed by atoms with van der Waals surface area (Å²) >= 11 is 6.32. The molecule has 3 amide bonds. The number of carbonyl (C=O) groups is 4. The van der Waals surface area contributed by atoms with E-state index < -0.39 is 51.8 Å². The molecular weight excluding hydrogens is 470 g/mol. The third-order valence-electron chi connectivity index (χ3n) is 3.54. The maximum atomic E-state index is 12.6. The summed E-state index contributed by atoms with van der Waals surface area (Å²) in [6.07, 6.45) is 0. The van der Waals surface area contributed by atoms with E-state index in [-0.39, 0.29) is 21.0 Å². The number of hydrogen-bond donors (Lipinski definition) is 3. The second kappa shape index (κ2) is 9.33. The number of esters is 1. The molecule has 0 aliphatic carbocycles. The maximum absolute atomic E-state index is 12.6. The van der Waals surface area contributed by atoms with Crippen LogP contribution < -0.4 is 10.6 Å². The van der Waals surface area contributed by atoms with Crippen molar-refractivity contribution in [1.29, 1.82) is 0 Å². The zero-order valence-corrected chi connectivity index (χ0v) is 17.6. The van der Waals surface area contributed by atoms with Crippen molar-refractivity contribution >= 4 is 67.8 Å². The highest BCUT2D eigenvalue weighted by atomic mass is 35.5. The second-order valence-corrected chi connectivity index (χ2v) is 7.79. The molecule has 164 valence electrons. The third kappa shape index (κ3) is 4.84. The normalized spacial score (nSPS) is 19.0. The smallest absolute Gasteiger partial charge is 0.363 e. The van der Waals surface area contributed by atoms with Crippen LogP contribution in [-0.4, -0.2) is 83.8 Å². The zero-order chi connectivity index (χ0) is 22.6. The van der Waals surface area contributed by atoms with Gasteiger partial charge in [0.1, 0.15) is 24.7 Å². The van der Waals surface area contributed by atoms with Crippen molar-refractivity contribution in [2.24, 2.45) is 5.16 Å². The van der Waals surface area contributed by atoms with Gasteiger partial charge in [-0.05, 0) is 0 Å². The van der Waals surface area contributed by atoms with Gasteiger partial charge >= 0.3 is 16.3 Å². The van der Waals surface area contributed by atoms with E-state index in [2.05, 4.69) is 30.3 Å². The van der Waals surface area contributed by atoms with Crippen molar-refractivity contribution in [1.82, 2.24) is 14.6 Å². The van der Waals surface area contributed by atoms with Crippen molar-refractivity contribution in [3.05, 3.63) is 11.1 Å². The van der Waals surface area contributed by atoms with Gasteiger partial charge in [-0.15, -0.1) is 22.9 Å². The standard InChI is InChI=1S/C13H14ClN5O9S2/c1-27-12(23)9-8(11(22)19(9)30(24,25)26)17-10(21)7(18-28-2)5-4-29-13(15-5)16-6(20)3-14/h4,8-9H,3H2,1-2H3,(H,17,21)(H,15,16,20)(H,24,25,26)/t8-,9-/m1/s1. The summed E-state index contributed by atoms with van der Waals surface area (Å²) in [5, 5.41) is 9.42. The lowest BCUT2D eigenvalue weighted by molar-refractivity contribution is -0.162. The summed E-state index contributed by atoms with van der Waals surface area (Å²) in [6, 6.07) is -3.48. The number of carbonyl (C=O) groups excluding carboxylic acids is 4. The minimum Gasteiger partial charge on any atom is -0.467 e. The van der Waals surface area contributed by atoms with E-state index >= 15 is 0 Å². The van der Waals surface area contributed by atoms with E-state index in [0.717, 1.165) is 25.6 Å². The minimum absolute atomic E-state index is 0.0581. The molecule has 2 atom stereocenters. The van der Waals surface area contributed by atoms with Crippen LogP contribution in [0.1, 0.15) is 5.69 Å². The van der Waals surface area contributed by atoms with Crippen LogP contribution in [0.4, 0.5) is 5.13 Å². The number of nitrogens with zero attached hydrogens (tertiary/aromatic N) is 3. The summed E-state index contributed by atoms with van der Waals surface area (Å²) in [6.45, 7) is 0. The first-order valence-electron chi connectivity index (χ1n) is 7.67. The summed E-state index contributed by atoms with van der Waals surface area (Å²) in [5.74, 6) is -4.39. The molecule has 17 heteroatoms. The largest absolute Gasteiger partial charge is 0.467 e. The first-order chi connectivity index (χ1) is 14.0. The van der Waals surface area contributed by atoms with Crippen molar-refractivity contribution in [3.63, 3.8) is 0 Å². The zero-order valence-electron chi connectivity index (χ0n) is 15.2. The highest BCUT2D eigenvalue weighted by molar-refractivity contribution is 7.84. The molecule has 1 fully saturated rings. The van der Waals surface area contributed by atoms with Crippen LogP contribution >= 0.6 is 22.9 Å². The number of amides is 3. The van der Waals surface area contributed by atoms with Gasteiger partial charge in [-0.25, -0.2) is 9.78 Å². The predicted octanol–water partition coefficient (Wildman–Crippen LogP) is -1.66.